The number of benzene rings is 1. The molecule has 0 saturated carbocycles. The van der Waals surface area contributed by atoms with Gasteiger partial charge in [-0.05, 0) is 18.7 Å². The van der Waals surface area contributed by atoms with Crippen molar-refractivity contribution >= 4 is 21.4 Å². The minimum atomic E-state index is -0.192. The van der Waals surface area contributed by atoms with Crippen LogP contribution in [0.25, 0.3) is 10.1 Å². The molecule has 2 rings (SSSR count). The molecule has 1 N–H and O–H groups in total. The standard InChI is InChI=1S/C12H14N2O2S/c1-2-13-7-8-14-11(15)9-5-3-4-6-10(9)17-12(14)16/h3-6,13H,2,7-8H2,1H3. The van der Waals surface area contributed by atoms with Crippen LogP contribution < -0.4 is 15.7 Å². The third kappa shape index (κ3) is 2.45. The molecule has 0 bridgehead atoms. The molecule has 0 radical (unpaired) electrons. The molecule has 5 heteroatoms. The van der Waals surface area contributed by atoms with Gasteiger partial charge in [0, 0.05) is 17.8 Å². The van der Waals surface area contributed by atoms with Crippen molar-refractivity contribution in [3.05, 3.63) is 44.3 Å². The summed E-state index contributed by atoms with van der Waals surface area (Å²) in [6.45, 7) is 3.88. The minimum Gasteiger partial charge on any atom is -0.315 e. The average molecular weight is 250 g/mol. The van der Waals surface area contributed by atoms with Crippen molar-refractivity contribution in [3.63, 3.8) is 0 Å². The second-order valence-electron chi connectivity index (χ2n) is 3.67. The molecule has 1 aromatic heterocycles. The normalized spacial score (nSPS) is 10.9. The molecule has 90 valence electrons. The van der Waals surface area contributed by atoms with E-state index < -0.39 is 0 Å². The SMILES string of the molecule is CCNCCn1c(=O)sc2ccccc2c1=O. The van der Waals surface area contributed by atoms with Crippen molar-refractivity contribution < 1.29 is 0 Å². The van der Waals surface area contributed by atoms with Crippen LogP contribution in [-0.4, -0.2) is 17.7 Å². The third-order valence-electron chi connectivity index (χ3n) is 2.54. The molecule has 4 nitrogen and oxygen atoms in total. The molecule has 0 aliphatic carbocycles. The van der Waals surface area contributed by atoms with Gasteiger partial charge in [0.05, 0.1) is 5.39 Å². The first-order valence-corrected chi connectivity index (χ1v) is 6.39. The predicted octanol–water partition coefficient (Wildman–Crippen LogP) is 1.03. The first-order valence-electron chi connectivity index (χ1n) is 5.57. The maximum atomic E-state index is 12.1. The summed E-state index contributed by atoms with van der Waals surface area (Å²) in [6, 6.07) is 7.21. The zero-order valence-electron chi connectivity index (χ0n) is 9.60. The molecule has 0 spiro atoms. The quantitative estimate of drug-likeness (QED) is 0.825. The zero-order chi connectivity index (χ0) is 12.3. The van der Waals surface area contributed by atoms with Crippen LogP contribution >= 0.6 is 11.3 Å². The lowest BCUT2D eigenvalue weighted by Crippen LogP contribution is -2.34. The Balaban J connectivity index is 2.49. The van der Waals surface area contributed by atoms with Crippen LogP contribution in [0.5, 0.6) is 0 Å². The molecule has 17 heavy (non-hydrogen) atoms. The zero-order valence-corrected chi connectivity index (χ0v) is 10.4. The molecule has 0 fully saturated rings. The van der Waals surface area contributed by atoms with E-state index in [0.717, 1.165) is 22.6 Å². The summed E-state index contributed by atoms with van der Waals surface area (Å²) in [5, 5.41) is 3.72. The van der Waals surface area contributed by atoms with Crippen LogP contribution in [0.1, 0.15) is 6.92 Å². The number of fused-ring (bicyclic) bond motifs is 1. The van der Waals surface area contributed by atoms with Gasteiger partial charge in [0.25, 0.3) is 5.56 Å². The van der Waals surface area contributed by atoms with Crippen LogP contribution in [0.15, 0.2) is 33.9 Å². The van der Waals surface area contributed by atoms with Gasteiger partial charge >= 0.3 is 4.87 Å². The summed E-state index contributed by atoms with van der Waals surface area (Å²) in [6.07, 6.45) is 0. The van der Waals surface area contributed by atoms with Crippen molar-refractivity contribution in [1.29, 1.82) is 0 Å². The molecular formula is C12H14N2O2S. The summed E-state index contributed by atoms with van der Waals surface area (Å²) < 4.78 is 2.05. The molecule has 1 heterocycles. The van der Waals surface area contributed by atoms with Crippen molar-refractivity contribution in [2.24, 2.45) is 0 Å². The van der Waals surface area contributed by atoms with Crippen LogP contribution in [-0.2, 0) is 6.54 Å². The summed E-state index contributed by atoms with van der Waals surface area (Å²) in [4.78, 5) is 23.7. The second-order valence-corrected chi connectivity index (χ2v) is 4.67. The van der Waals surface area contributed by atoms with Gasteiger partial charge in [-0.1, -0.05) is 30.4 Å². The topological polar surface area (TPSA) is 51.1 Å². The highest BCUT2D eigenvalue weighted by molar-refractivity contribution is 7.16. The molecule has 0 unspecified atom stereocenters. The van der Waals surface area contributed by atoms with Gasteiger partial charge in [-0.15, -0.1) is 0 Å². The van der Waals surface area contributed by atoms with Crippen LogP contribution in [0.2, 0.25) is 0 Å². The summed E-state index contributed by atoms with van der Waals surface area (Å²) in [5.74, 6) is 0. The Morgan fingerprint density at radius 3 is 2.82 bits per heavy atom. The van der Waals surface area contributed by atoms with E-state index in [-0.39, 0.29) is 10.4 Å². The minimum absolute atomic E-state index is 0.188. The molecule has 0 amide bonds. The van der Waals surface area contributed by atoms with Gasteiger partial charge in [-0.3, -0.25) is 14.2 Å². The number of aromatic nitrogens is 1. The van der Waals surface area contributed by atoms with Crippen molar-refractivity contribution in [3.8, 4) is 0 Å². The highest BCUT2D eigenvalue weighted by Crippen LogP contribution is 2.10. The fourth-order valence-corrected chi connectivity index (χ4v) is 2.55. The van der Waals surface area contributed by atoms with Crippen LogP contribution in [0.4, 0.5) is 0 Å². The van der Waals surface area contributed by atoms with Gasteiger partial charge < -0.3 is 5.32 Å². The Morgan fingerprint density at radius 1 is 1.29 bits per heavy atom. The monoisotopic (exact) mass is 250 g/mol. The molecule has 0 atom stereocenters. The summed E-state index contributed by atoms with van der Waals surface area (Å²) in [7, 11) is 0. The fourth-order valence-electron chi connectivity index (χ4n) is 1.67. The van der Waals surface area contributed by atoms with Crippen LogP contribution in [0, 0.1) is 0 Å². The number of nitrogens with one attached hydrogen (secondary N) is 1. The first kappa shape index (κ1) is 12.0. The molecule has 1 aromatic carbocycles. The number of hydrogen-bond acceptors (Lipinski definition) is 4. The molecule has 0 aliphatic rings. The third-order valence-corrected chi connectivity index (χ3v) is 3.51. The Morgan fingerprint density at radius 2 is 2.06 bits per heavy atom. The predicted molar refractivity (Wildman–Crippen MR) is 70.9 cm³/mol. The van der Waals surface area contributed by atoms with Gasteiger partial charge in [-0.25, -0.2) is 0 Å². The second kappa shape index (κ2) is 5.25. The Bertz CT molecular complexity index is 630. The fraction of sp³-hybridized carbons (Fsp3) is 0.333. The molecule has 0 saturated heterocycles. The van der Waals surface area contributed by atoms with E-state index in [4.69, 9.17) is 0 Å². The first-order chi connectivity index (χ1) is 8.24. The van der Waals surface area contributed by atoms with E-state index in [1.165, 1.54) is 4.57 Å². The summed E-state index contributed by atoms with van der Waals surface area (Å²) >= 11 is 1.12. The van der Waals surface area contributed by atoms with E-state index in [0.29, 0.717) is 18.5 Å². The van der Waals surface area contributed by atoms with Gasteiger partial charge in [-0.2, -0.15) is 0 Å². The van der Waals surface area contributed by atoms with E-state index in [1.54, 1.807) is 12.1 Å². The van der Waals surface area contributed by atoms with Gasteiger partial charge in [0.2, 0.25) is 0 Å². The van der Waals surface area contributed by atoms with E-state index in [1.807, 2.05) is 19.1 Å². The lowest BCUT2D eigenvalue weighted by atomic mass is 10.3. The van der Waals surface area contributed by atoms with E-state index in [2.05, 4.69) is 5.32 Å². The maximum absolute atomic E-state index is 12.1. The Kier molecular flexibility index (Phi) is 3.71. The van der Waals surface area contributed by atoms with Crippen molar-refractivity contribution in [2.75, 3.05) is 13.1 Å². The molecule has 2 aromatic rings. The molecule has 0 aliphatic heterocycles. The Labute approximate surface area is 103 Å². The van der Waals surface area contributed by atoms with Crippen LogP contribution in [0.3, 0.4) is 0 Å². The number of likely N-dealkylation sites (N-methyl/N-ethyl adjacent to an activating group) is 1. The Hall–Kier alpha value is -1.46. The largest absolute Gasteiger partial charge is 0.315 e. The van der Waals surface area contributed by atoms with E-state index >= 15 is 0 Å². The number of nitrogens with zero attached hydrogens (tertiary/aromatic N) is 1. The van der Waals surface area contributed by atoms with Gasteiger partial charge in [0.1, 0.15) is 0 Å². The highest BCUT2D eigenvalue weighted by atomic mass is 32.1. The van der Waals surface area contributed by atoms with E-state index in [9.17, 15) is 9.59 Å². The van der Waals surface area contributed by atoms with Crippen molar-refractivity contribution in [2.45, 2.75) is 13.5 Å². The number of hydrogen-bond donors (Lipinski definition) is 1. The lowest BCUT2D eigenvalue weighted by Gasteiger charge is -2.05. The summed E-state index contributed by atoms with van der Waals surface area (Å²) in [5.41, 5.74) is -0.192. The van der Waals surface area contributed by atoms with Crippen molar-refractivity contribution in [1.82, 2.24) is 9.88 Å². The smallest absolute Gasteiger partial charge is 0.310 e. The lowest BCUT2D eigenvalue weighted by molar-refractivity contribution is 0.595. The maximum Gasteiger partial charge on any atom is 0.310 e. The molecular weight excluding hydrogens is 236 g/mol. The van der Waals surface area contributed by atoms with Gasteiger partial charge in [0.15, 0.2) is 0 Å². The average Bonchev–Trinajstić information content (AvgIpc) is 2.33. The number of rotatable bonds is 4. The highest BCUT2D eigenvalue weighted by Gasteiger charge is 2.06.